The van der Waals surface area contributed by atoms with Crippen molar-refractivity contribution < 1.29 is 34.8 Å². The number of hydrogen-bond donors (Lipinski definition) is 7. The molecule has 5 rings (SSSR count). The van der Waals surface area contributed by atoms with Gasteiger partial charge in [-0.05, 0) is 77.3 Å². The van der Waals surface area contributed by atoms with Crippen LogP contribution in [0.5, 0.6) is 5.75 Å². The smallest absolute Gasteiger partial charge is 0.230 e. The zero-order chi connectivity index (χ0) is 30.4. The van der Waals surface area contributed by atoms with Gasteiger partial charge in [-0.15, -0.1) is 0 Å². The van der Waals surface area contributed by atoms with Crippen molar-refractivity contribution in [3.8, 4) is 5.75 Å². The van der Waals surface area contributed by atoms with Crippen molar-refractivity contribution >= 4 is 34.6 Å². The van der Waals surface area contributed by atoms with Gasteiger partial charge in [0.2, 0.25) is 11.7 Å². The second kappa shape index (κ2) is 9.43. The number of nitrogens with two attached hydrogens (primary N) is 1. The highest BCUT2D eigenvalue weighted by molar-refractivity contribution is 6.24. The number of aromatic hydroxyl groups is 1. The van der Waals surface area contributed by atoms with Crippen molar-refractivity contribution in [3.63, 3.8) is 0 Å². The van der Waals surface area contributed by atoms with Crippen molar-refractivity contribution in [2.45, 2.75) is 88.6 Å². The van der Waals surface area contributed by atoms with E-state index < -0.39 is 52.7 Å². The molecule has 0 spiro atoms. The van der Waals surface area contributed by atoms with Crippen LogP contribution in [0, 0.1) is 17.8 Å². The van der Waals surface area contributed by atoms with Gasteiger partial charge in [-0.3, -0.25) is 14.4 Å². The van der Waals surface area contributed by atoms with E-state index in [1.165, 1.54) is 0 Å². The number of anilines is 2. The number of amides is 1. The molecule has 224 valence electrons. The van der Waals surface area contributed by atoms with E-state index in [1.807, 2.05) is 25.1 Å². The Morgan fingerprint density at radius 2 is 1.71 bits per heavy atom. The normalized spacial score (nSPS) is 32.6. The van der Waals surface area contributed by atoms with Crippen LogP contribution in [0.25, 0.3) is 5.76 Å². The van der Waals surface area contributed by atoms with Crippen LogP contribution in [0.4, 0.5) is 11.4 Å². The number of nitrogens with one attached hydrogen (secondary N) is 2. The Morgan fingerprint density at radius 1 is 1.10 bits per heavy atom. The van der Waals surface area contributed by atoms with E-state index in [2.05, 4.69) is 38.3 Å². The highest BCUT2D eigenvalue weighted by atomic mass is 16.3. The first-order chi connectivity index (χ1) is 18.9. The molecule has 2 unspecified atom stereocenters. The van der Waals surface area contributed by atoms with Crippen LogP contribution in [-0.2, 0) is 20.8 Å². The number of aliphatic hydroxyl groups excluding tert-OH is 2. The molecular weight excluding hydrogens is 528 g/mol. The summed E-state index contributed by atoms with van der Waals surface area (Å²) in [6.07, 6.45) is 0.389. The maximum atomic E-state index is 13.9. The highest BCUT2D eigenvalue weighted by Gasteiger charge is 2.64. The monoisotopic (exact) mass is 570 g/mol. The lowest BCUT2D eigenvalue weighted by atomic mass is 9.56. The fourth-order valence-corrected chi connectivity index (χ4v) is 8.13. The van der Waals surface area contributed by atoms with Gasteiger partial charge < -0.3 is 41.7 Å². The average Bonchev–Trinajstić information content (AvgIpc) is 2.80. The molecular formula is C30H42N4O7. The molecule has 1 amide bonds. The van der Waals surface area contributed by atoms with Crippen molar-refractivity contribution in [1.29, 1.82) is 0 Å². The van der Waals surface area contributed by atoms with E-state index in [1.54, 1.807) is 0 Å². The van der Waals surface area contributed by atoms with Crippen molar-refractivity contribution in [2.75, 3.05) is 24.3 Å². The van der Waals surface area contributed by atoms with Crippen molar-refractivity contribution in [2.24, 2.45) is 23.5 Å². The zero-order valence-corrected chi connectivity index (χ0v) is 24.5. The van der Waals surface area contributed by atoms with E-state index >= 15 is 0 Å². The first-order valence-electron chi connectivity index (χ1n) is 14.2. The number of hydrogen-bond acceptors (Lipinski definition) is 10. The topological polar surface area (TPSA) is 185 Å². The second-order valence-corrected chi connectivity index (χ2v) is 13.9. The molecule has 1 saturated heterocycles. The third kappa shape index (κ3) is 4.58. The molecule has 11 heteroatoms. The summed E-state index contributed by atoms with van der Waals surface area (Å²) in [4.78, 5) is 40.9. The van der Waals surface area contributed by atoms with Crippen LogP contribution in [-0.4, -0.2) is 80.8 Å². The summed E-state index contributed by atoms with van der Waals surface area (Å²) in [6.45, 7) is 8.49. The molecule has 1 heterocycles. The fourth-order valence-electron chi connectivity index (χ4n) is 8.13. The summed E-state index contributed by atoms with van der Waals surface area (Å²) in [5.74, 6) is -7.20. The van der Waals surface area contributed by atoms with E-state index in [4.69, 9.17) is 5.73 Å². The molecule has 0 bridgehead atoms. The van der Waals surface area contributed by atoms with E-state index in [0.29, 0.717) is 11.3 Å². The summed E-state index contributed by atoms with van der Waals surface area (Å²) in [7, 11) is 3.71. The average molecular weight is 571 g/mol. The minimum absolute atomic E-state index is 0.00106. The lowest BCUT2D eigenvalue weighted by Gasteiger charge is -2.48. The number of carbonyl (C=O) groups excluding carboxylic acids is 3. The standard InChI is InChI=1S/C30H42N4O7/c1-28(2)11-15(12-29(3,4)33-28)32-17-10-18(34(5)6)16-8-13-7-14-9-19(35)22(27(31)40)26(39)30(14,41)25(38)20(13)24(37)21(16)23(17)36/h10,13-15,19,22,32-33,35-37,41H,7-9,11-12H2,1-6H3,(H2,31,40)/t13-,14+,19?,22?,30+/m1/s1. The Bertz CT molecular complexity index is 1350. The molecule has 1 aliphatic heterocycles. The Hall–Kier alpha value is -3.15. The Morgan fingerprint density at radius 3 is 2.27 bits per heavy atom. The minimum Gasteiger partial charge on any atom is -0.507 e. The number of carbonyl (C=O) groups is 3. The molecule has 4 aliphatic rings. The number of aliphatic hydroxyl groups is 3. The number of nitrogens with zero attached hydrogens (tertiary/aromatic N) is 1. The van der Waals surface area contributed by atoms with Crippen LogP contribution in [0.15, 0.2) is 11.6 Å². The summed E-state index contributed by atoms with van der Waals surface area (Å²) >= 11 is 0. The Kier molecular flexibility index (Phi) is 6.75. The van der Waals surface area contributed by atoms with Crippen LogP contribution >= 0.6 is 0 Å². The van der Waals surface area contributed by atoms with Crippen LogP contribution in [0.1, 0.15) is 64.5 Å². The predicted octanol–water partition coefficient (Wildman–Crippen LogP) is 1.38. The van der Waals surface area contributed by atoms with Crippen LogP contribution in [0.2, 0.25) is 0 Å². The lowest BCUT2D eigenvalue weighted by Crippen LogP contribution is -2.66. The van der Waals surface area contributed by atoms with Gasteiger partial charge in [0.1, 0.15) is 17.4 Å². The highest BCUT2D eigenvalue weighted by Crippen LogP contribution is 2.54. The van der Waals surface area contributed by atoms with Crippen molar-refractivity contribution in [1.82, 2.24) is 5.32 Å². The summed E-state index contributed by atoms with van der Waals surface area (Å²) in [5, 5.41) is 52.3. The maximum Gasteiger partial charge on any atom is 0.230 e. The van der Waals surface area contributed by atoms with Gasteiger partial charge in [-0.2, -0.15) is 0 Å². The van der Waals surface area contributed by atoms with Gasteiger partial charge in [-0.25, -0.2) is 0 Å². The SMILES string of the molecule is CN(C)c1cc(NC2CC(C)(C)NC(C)(C)C2)c(O)c2c1C[C@H]1C[C@H]3CC(O)C(C(N)=O)C(=O)[C@@]3(O)C(=O)C1=C2O. The number of Topliss-reactive ketones (excluding diaryl/α,β-unsaturated/α-hetero) is 2. The van der Waals surface area contributed by atoms with Gasteiger partial charge in [0.15, 0.2) is 11.4 Å². The van der Waals surface area contributed by atoms with Crippen LogP contribution < -0.4 is 21.3 Å². The number of primary amides is 1. The summed E-state index contributed by atoms with van der Waals surface area (Å²) in [6, 6.07) is 1.85. The molecule has 8 N–H and O–H groups in total. The van der Waals surface area contributed by atoms with Gasteiger partial charge >= 0.3 is 0 Å². The molecule has 11 nitrogen and oxygen atoms in total. The summed E-state index contributed by atoms with van der Waals surface area (Å²) < 4.78 is 0. The Balaban J connectivity index is 1.61. The third-order valence-corrected chi connectivity index (χ3v) is 9.39. The molecule has 0 aromatic heterocycles. The minimum atomic E-state index is -2.60. The van der Waals surface area contributed by atoms with Crippen LogP contribution in [0.3, 0.4) is 0 Å². The molecule has 3 aliphatic carbocycles. The number of ketones is 2. The van der Waals surface area contributed by atoms with Crippen molar-refractivity contribution in [3.05, 3.63) is 22.8 Å². The summed E-state index contributed by atoms with van der Waals surface area (Å²) in [5.41, 5.74) is 4.16. The molecule has 2 saturated carbocycles. The first kappa shape index (κ1) is 29.3. The quantitative estimate of drug-likeness (QED) is 0.206. The molecule has 41 heavy (non-hydrogen) atoms. The number of phenols is 1. The zero-order valence-electron chi connectivity index (χ0n) is 24.5. The molecule has 3 fully saturated rings. The van der Waals surface area contributed by atoms with E-state index in [-0.39, 0.29) is 53.3 Å². The molecule has 5 atom stereocenters. The lowest BCUT2D eigenvalue weighted by molar-refractivity contribution is -0.174. The first-order valence-corrected chi connectivity index (χ1v) is 14.2. The molecule has 1 aromatic rings. The number of phenolic OH excluding ortho intramolecular Hbond substituents is 1. The van der Waals surface area contributed by atoms with E-state index in [0.717, 1.165) is 18.5 Å². The second-order valence-electron chi connectivity index (χ2n) is 13.9. The number of benzene rings is 1. The Labute approximate surface area is 239 Å². The number of piperidine rings is 1. The van der Waals surface area contributed by atoms with Gasteiger partial charge in [0.05, 0.1) is 17.4 Å². The fraction of sp³-hybridized carbons (Fsp3) is 0.633. The molecule has 1 aromatic carbocycles. The van der Waals surface area contributed by atoms with Gasteiger partial charge in [0.25, 0.3) is 0 Å². The predicted molar refractivity (Wildman–Crippen MR) is 153 cm³/mol. The number of fused-ring (bicyclic) bond motifs is 3. The number of rotatable bonds is 4. The third-order valence-electron chi connectivity index (χ3n) is 9.39. The largest absolute Gasteiger partial charge is 0.507 e. The molecule has 0 radical (unpaired) electrons. The van der Waals surface area contributed by atoms with Gasteiger partial charge in [0, 0.05) is 48.4 Å². The van der Waals surface area contributed by atoms with Gasteiger partial charge in [-0.1, -0.05) is 0 Å². The maximum absolute atomic E-state index is 13.9. The van der Waals surface area contributed by atoms with E-state index in [9.17, 15) is 34.8 Å².